The van der Waals surface area contributed by atoms with E-state index in [1.807, 2.05) is 20.8 Å². The highest BCUT2D eigenvalue weighted by Crippen LogP contribution is 2.49. The first-order chi connectivity index (χ1) is 23.3. The zero-order valence-corrected chi connectivity index (χ0v) is 28.1. The van der Waals surface area contributed by atoms with Crippen LogP contribution in [0.4, 0.5) is 14.6 Å². The van der Waals surface area contributed by atoms with Crippen molar-refractivity contribution in [3.8, 4) is 35.4 Å². The third-order valence-corrected chi connectivity index (χ3v) is 10.4. The van der Waals surface area contributed by atoms with Crippen LogP contribution in [0.3, 0.4) is 0 Å². The van der Waals surface area contributed by atoms with Gasteiger partial charge in [-0.3, -0.25) is 0 Å². The molecule has 2 saturated carbocycles. The molecule has 8 nitrogen and oxygen atoms in total. The monoisotopic (exact) mass is 654 g/mol. The maximum Gasteiger partial charge on any atom is 0.319 e. The van der Waals surface area contributed by atoms with Gasteiger partial charge in [-0.05, 0) is 67.5 Å². The molecule has 2 aromatic carbocycles. The normalized spacial score (nSPS) is 21.3. The Morgan fingerprint density at radius 1 is 1.04 bits per heavy atom. The molecule has 0 radical (unpaired) electrons. The number of aryl methyl sites for hydroxylation is 1. The van der Waals surface area contributed by atoms with E-state index in [-0.39, 0.29) is 39.5 Å². The maximum atomic E-state index is 17.0. The largest absolute Gasteiger partial charge is 0.508 e. The molecule has 3 aliphatic heterocycles. The molecule has 0 unspecified atom stereocenters. The lowest BCUT2D eigenvalue weighted by atomic mass is 9.71. The number of fused-ring (bicyclic) bond motifs is 4. The Hall–Kier alpha value is -4.07. The Balaban J connectivity index is 0.00000179. The summed E-state index contributed by atoms with van der Waals surface area (Å²) in [4.78, 5) is 19.1. The van der Waals surface area contributed by atoms with Crippen LogP contribution in [0.15, 0.2) is 24.3 Å². The van der Waals surface area contributed by atoms with E-state index in [0.29, 0.717) is 53.8 Å². The molecule has 2 aliphatic carbocycles. The number of nitrogens with one attached hydrogen (secondary N) is 1. The first-order valence-electron chi connectivity index (χ1n) is 17.5. The molecule has 5 fully saturated rings. The molecular formula is C38H44F2N6O2. The molecule has 0 amide bonds. The van der Waals surface area contributed by atoms with Crippen LogP contribution in [0.5, 0.6) is 11.8 Å². The van der Waals surface area contributed by atoms with Crippen LogP contribution in [0.25, 0.3) is 32.9 Å². The summed E-state index contributed by atoms with van der Waals surface area (Å²) in [7, 11) is 0. The molecule has 10 heteroatoms. The van der Waals surface area contributed by atoms with E-state index in [1.54, 1.807) is 0 Å². The molecule has 0 spiro atoms. The second-order valence-corrected chi connectivity index (χ2v) is 13.7. The number of pyridine rings is 1. The molecule has 252 valence electrons. The fourth-order valence-corrected chi connectivity index (χ4v) is 7.89. The Bertz CT molecular complexity index is 1880. The molecule has 48 heavy (non-hydrogen) atoms. The predicted octanol–water partition coefficient (Wildman–Crippen LogP) is 6.31. The number of anilines is 1. The summed E-state index contributed by atoms with van der Waals surface area (Å²) in [5.74, 6) is 3.31. The van der Waals surface area contributed by atoms with Gasteiger partial charge in [-0.2, -0.15) is 9.97 Å². The van der Waals surface area contributed by atoms with E-state index in [1.165, 1.54) is 50.2 Å². The third kappa shape index (κ3) is 5.92. The van der Waals surface area contributed by atoms with Crippen molar-refractivity contribution in [2.24, 2.45) is 17.3 Å². The Morgan fingerprint density at radius 3 is 2.44 bits per heavy atom. The molecule has 3 saturated heterocycles. The summed E-state index contributed by atoms with van der Waals surface area (Å²) >= 11 is 0. The van der Waals surface area contributed by atoms with Crippen LogP contribution in [-0.2, 0) is 6.42 Å². The highest BCUT2D eigenvalue weighted by Gasteiger charge is 2.47. The molecular weight excluding hydrogens is 610 g/mol. The van der Waals surface area contributed by atoms with E-state index in [9.17, 15) is 9.50 Å². The lowest BCUT2D eigenvalue weighted by Crippen LogP contribution is -2.50. The van der Waals surface area contributed by atoms with Gasteiger partial charge in [0.2, 0.25) is 0 Å². The summed E-state index contributed by atoms with van der Waals surface area (Å²) in [6.07, 6.45) is 11.1. The minimum absolute atomic E-state index is 0.0131. The number of benzene rings is 2. The number of phenolic OH excluding ortho intramolecular Hbond substituents is 1. The lowest BCUT2D eigenvalue weighted by molar-refractivity contribution is 0.0100. The van der Waals surface area contributed by atoms with Gasteiger partial charge in [0.25, 0.3) is 0 Å². The molecule has 2 N–H and O–H groups in total. The second kappa shape index (κ2) is 13.1. The third-order valence-electron chi connectivity index (χ3n) is 10.4. The molecule has 5 heterocycles. The van der Waals surface area contributed by atoms with E-state index < -0.39 is 11.6 Å². The number of piperidine rings is 2. The van der Waals surface area contributed by atoms with Crippen molar-refractivity contribution >= 4 is 27.5 Å². The summed E-state index contributed by atoms with van der Waals surface area (Å²) in [5, 5.41) is 15.3. The minimum Gasteiger partial charge on any atom is -0.508 e. The zero-order valence-electron chi connectivity index (χ0n) is 28.1. The van der Waals surface area contributed by atoms with Crippen LogP contribution in [-0.4, -0.2) is 77.4 Å². The number of hydrogen-bond acceptors (Lipinski definition) is 8. The number of terminal acetylenes is 1. The van der Waals surface area contributed by atoms with Gasteiger partial charge in [-0.15, -0.1) is 6.42 Å². The molecule has 2 bridgehead atoms. The average Bonchev–Trinajstić information content (AvgIpc) is 3.87. The first-order valence-corrected chi connectivity index (χ1v) is 17.5. The van der Waals surface area contributed by atoms with Crippen molar-refractivity contribution < 1.29 is 18.6 Å². The van der Waals surface area contributed by atoms with E-state index in [0.717, 1.165) is 44.3 Å². The predicted molar refractivity (Wildman–Crippen MR) is 185 cm³/mol. The number of phenols is 1. The number of aromatic nitrogens is 3. The lowest BCUT2D eigenvalue weighted by Gasteiger charge is -2.48. The number of hydrogen-bond donors (Lipinski definition) is 2. The van der Waals surface area contributed by atoms with Crippen molar-refractivity contribution in [2.45, 2.75) is 52.9 Å². The Kier molecular flexibility index (Phi) is 8.86. The van der Waals surface area contributed by atoms with Gasteiger partial charge in [-0.1, -0.05) is 32.8 Å². The molecule has 0 atom stereocenters. The molecule has 4 aromatic rings. The number of nitrogens with zero attached hydrogens (tertiary/aromatic N) is 5. The smallest absolute Gasteiger partial charge is 0.319 e. The van der Waals surface area contributed by atoms with E-state index >= 15 is 4.39 Å². The highest BCUT2D eigenvalue weighted by molar-refractivity contribution is 6.03. The van der Waals surface area contributed by atoms with Crippen LogP contribution >= 0.6 is 0 Å². The van der Waals surface area contributed by atoms with Gasteiger partial charge in [0, 0.05) is 62.2 Å². The topological polar surface area (TPSA) is 86.6 Å². The number of aromatic hydroxyl groups is 1. The van der Waals surface area contributed by atoms with Crippen molar-refractivity contribution in [2.75, 3.05) is 57.3 Å². The van der Waals surface area contributed by atoms with Crippen LogP contribution in [0.1, 0.15) is 57.7 Å². The molecule has 2 aromatic heterocycles. The van der Waals surface area contributed by atoms with Gasteiger partial charge >= 0.3 is 6.01 Å². The highest BCUT2D eigenvalue weighted by atomic mass is 19.1. The van der Waals surface area contributed by atoms with Crippen LogP contribution in [0.2, 0.25) is 0 Å². The van der Waals surface area contributed by atoms with E-state index in [2.05, 4.69) is 21.0 Å². The first kappa shape index (κ1) is 32.5. The van der Waals surface area contributed by atoms with Crippen molar-refractivity contribution in [3.05, 3.63) is 47.2 Å². The van der Waals surface area contributed by atoms with Crippen molar-refractivity contribution in [1.82, 2.24) is 25.2 Å². The summed E-state index contributed by atoms with van der Waals surface area (Å²) in [5.41, 5.74) is 0.911. The van der Waals surface area contributed by atoms with Crippen LogP contribution in [0, 0.1) is 41.2 Å². The summed E-state index contributed by atoms with van der Waals surface area (Å²) in [6.45, 7) is 12.7. The van der Waals surface area contributed by atoms with Gasteiger partial charge < -0.3 is 25.0 Å². The van der Waals surface area contributed by atoms with Crippen molar-refractivity contribution in [1.29, 1.82) is 0 Å². The Labute approximate surface area is 280 Å². The maximum absolute atomic E-state index is 17.0. The minimum atomic E-state index is -0.691. The zero-order chi connectivity index (χ0) is 33.6. The SMILES string of the molecule is C#Cc1c(F)ccc2cc(O)cc(-c3nc(CC)c4c(N5CCNCC5)nc(OCC5(CN6CC7CC(C7)C6)CC5)nc4c3F)c12.CC. The Morgan fingerprint density at radius 2 is 1.77 bits per heavy atom. The summed E-state index contributed by atoms with van der Waals surface area (Å²) in [6, 6.07) is 5.78. The number of ether oxygens (including phenoxy) is 1. The number of piperazine rings is 1. The van der Waals surface area contributed by atoms with E-state index in [4.69, 9.17) is 26.1 Å². The second-order valence-electron chi connectivity index (χ2n) is 13.7. The average molecular weight is 655 g/mol. The van der Waals surface area contributed by atoms with Gasteiger partial charge in [0.15, 0.2) is 5.82 Å². The van der Waals surface area contributed by atoms with Crippen LogP contribution < -0.4 is 15.0 Å². The standard InChI is InChI=1S/C36H38F2N6O2.C2H6/c1-3-25-27(37)6-5-23-15-24(45)16-26(29(23)25)32-31(38)33-30(28(4-2)40-32)34(44-11-9-39-10-12-44)42-35(41-33)46-20-36(7-8-36)19-43-17-21-13-22(14-21)18-43;1-2/h1,5-6,15-16,21-22,39,45H,4,7-14,17-20H2,2H3;1-2H3. The van der Waals surface area contributed by atoms with Crippen molar-refractivity contribution in [3.63, 3.8) is 0 Å². The quantitative estimate of drug-likeness (QED) is 0.214. The van der Waals surface area contributed by atoms with Gasteiger partial charge in [-0.25, -0.2) is 13.8 Å². The molecule has 5 aliphatic rings. The fourth-order valence-electron chi connectivity index (χ4n) is 7.89. The summed E-state index contributed by atoms with van der Waals surface area (Å²) < 4.78 is 38.2. The number of rotatable bonds is 8. The fraction of sp³-hybridized carbons (Fsp3) is 0.500. The van der Waals surface area contributed by atoms with Gasteiger partial charge in [0.1, 0.15) is 28.6 Å². The molecule has 9 rings (SSSR count). The number of halogens is 2. The van der Waals surface area contributed by atoms with Gasteiger partial charge in [0.05, 0.1) is 23.3 Å².